The summed E-state index contributed by atoms with van der Waals surface area (Å²) in [5.74, 6) is -1.48. The molecule has 0 fully saturated rings. The number of halogens is 2. The average molecular weight is 464 g/mol. The zero-order valence-corrected chi connectivity index (χ0v) is 18.4. The molecule has 2 aromatic heterocycles. The topological polar surface area (TPSA) is 130 Å². The van der Waals surface area contributed by atoms with Gasteiger partial charge >= 0.3 is 0 Å². The van der Waals surface area contributed by atoms with Crippen molar-refractivity contribution in [3.63, 3.8) is 0 Å². The molecule has 0 aliphatic heterocycles. The van der Waals surface area contributed by atoms with Crippen molar-refractivity contribution in [1.29, 1.82) is 5.41 Å². The van der Waals surface area contributed by atoms with Crippen molar-refractivity contribution >= 4 is 28.1 Å². The highest BCUT2D eigenvalue weighted by Gasteiger charge is 2.19. The van der Waals surface area contributed by atoms with Crippen LogP contribution in [0.1, 0.15) is 36.7 Å². The Hall–Kier alpha value is -4.34. The van der Waals surface area contributed by atoms with Gasteiger partial charge in [-0.1, -0.05) is 12.1 Å². The van der Waals surface area contributed by atoms with Crippen LogP contribution in [-0.4, -0.2) is 25.4 Å². The number of hydrogen-bond acceptors (Lipinski definition) is 7. The zero-order valence-electron chi connectivity index (χ0n) is 18.4. The highest BCUT2D eigenvalue weighted by molar-refractivity contribution is 6.16. The van der Waals surface area contributed by atoms with E-state index < -0.39 is 17.2 Å². The third-order valence-corrected chi connectivity index (χ3v) is 5.36. The van der Waals surface area contributed by atoms with Crippen molar-refractivity contribution < 1.29 is 13.9 Å². The van der Waals surface area contributed by atoms with Crippen molar-refractivity contribution in [3.05, 3.63) is 87.6 Å². The van der Waals surface area contributed by atoms with Gasteiger partial charge in [0.05, 0.1) is 23.2 Å². The first-order valence-electron chi connectivity index (χ1n) is 10.4. The number of fused-ring (bicyclic) bond motifs is 1. The van der Waals surface area contributed by atoms with Crippen molar-refractivity contribution in [2.45, 2.75) is 26.4 Å². The summed E-state index contributed by atoms with van der Waals surface area (Å²) in [7, 11) is 0. The van der Waals surface area contributed by atoms with E-state index in [-0.39, 0.29) is 52.2 Å². The Labute approximate surface area is 193 Å². The smallest absolute Gasteiger partial charge is 0.261 e. The summed E-state index contributed by atoms with van der Waals surface area (Å²) >= 11 is 0. The normalized spacial score (nSPS) is 11.2. The molecule has 0 amide bonds. The zero-order chi connectivity index (χ0) is 24.6. The number of nitrogens with zero attached hydrogens (tertiary/aromatic N) is 3. The Kier molecular flexibility index (Phi) is 5.97. The Balaban J connectivity index is 1.76. The molecule has 2 aromatic carbocycles. The molecule has 0 unspecified atom stereocenters. The molecule has 0 saturated carbocycles. The molecule has 4 aromatic rings. The highest BCUT2D eigenvalue weighted by Crippen LogP contribution is 2.25. The molecule has 0 aliphatic rings. The number of pyridine rings is 1. The van der Waals surface area contributed by atoms with Crippen LogP contribution in [0, 0.1) is 17.0 Å². The predicted molar refractivity (Wildman–Crippen MR) is 126 cm³/mol. The lowest BCUT2D eigenvalue weighted by atomic mass is 10.0. The molecule has 4 rings (SSSR count). The second-order valence-corrected chi connectivity index (χ2v) is 8.02. The standard InChI is InChI=1S/C24H22F2N6O2/c1-12(2)32-16(7-13-4-3-5-18(26)19(13)24(32)34)10-29-23-20(22(28)30-11-31-23)21(27)14-6-15(25)9-17(33)8-14/h3-9,11-12,27,33H,10H2,1-2H3,(H3,28,29,30,31). The van der Waals surface area contributed by atoms with Crippen LogP contribution in [-0.2, 0) is 6.54 Å². The lowest BCUT2D eigenvalue weighted by molar-refractivity contribution is 0.469. The molecular weight excluding hydrogens is 442 g/mol. The second kappa shape index (κ2) is 8.89. The molecule has 8 nitrogen and oxygen atoms in total. The minimum atomic E-state index is -0.714. The number of rotatable bonds is 6. The van der Waals surface area contributed by atoms with E-state index in [1.54, 1.807) is 12.1 Å². The molecule has 2 heterocycles. The number of aromatic nitrogens is 3. The van der Waals surface area contributed by atoms with E-state index in [1.807, 2.05) is 13.8 Å². The number of hydrogen-bond donors (Lipinski definition) is 4. The van der Waals surface area contributed by atoms with E-state index in [0.717, 1.165) is 12.1 Å². The van der Waals surface area contributed by atoms with E-state index >= 15 is 0 Å². The van der Waals surface area contributed by atoms with Gasteiger partial charge in [-0.25, -0.2) is 18.7 Å². The molecule has 0 bridgehead atoms. The summed E-state index contributed by atoms with van der Waals surface area (Å²) < 4.78 is 29.6. The fraction of sp³-hybridized carbons (Fsp3) is 0.167. The molecule has 0 aliphatic carbocycles. The van der Waals surface area contributed by atoms with E-state index in [9.17, 15) is 18.7 Å². The summed E-state index contributed by atoms with van der Waals surface area (Å²) in [4.78, 5) is 21.2. The van der Waals surface area contributed by atoms with Crippen LogP contribution < -0.4 is 16.6 Å². The van der Waals surface area contributed by atoms with Gasteiger partial charge < -0.3 is 20.7 Å². The van der Waals surface area contributed by atoms with E-state index in [1.165, 1.54) is 29.1 Å². The number of nitrogens with one attached hydrogen (secondary N) is 2. The van der Waals surface area contributed by atoms with E-state index in [2.05, 4.69) is 15.3 Å². The number of phenolic OH excluding ortho intramolecular Hbond substituents is 1. The van der Waals surface area contributed by atoms with Crippen LogP contribution in [0.5, 0.6) is 5.75 Å². The molecule has 5 N–H and O–H groups in total. The first-order chi connectivity index (χ1) is 16.2. The highest BCUT2D eigenvalue weighted by atomic mass is 19.1. The fourth-order valence-corrected chi connectivity index (χ4v) is 3.91. The molecule has 34 heavy (non-hydrogen) atoms. The Morgan fingerprint density at radius 1 is 1.21 bits per heavy atom. The fourth-order valence-electron chi connectivity index (χ4n) is 3.91. The van der Waals surface area contributed by atoms with Gasteiger partial charge in [0.1, 0.15) is 35.3 Å². The Bertz CT molecular complexity index is 1460. The molecule has 10 heteroatoms. The first kappa shape index (κ1) is 22.8. The van der Waals surface area contributed by atoms with Gasteiger partial charge in [-0.15, -0.1) is 0 Å². The van der Waals surface area contributed by atoms with Crippen LogP contribution >= 0.6 is 0 Å². The number of benzene rings is 2. The average Bonchev–Trinajstić information content (AvgIpc) is 2.76. The minimum absolute atomic E-state index is 0.0135. The quantitative estimate of drug-likeness (QED) is 0.320. The lowest BCUT2D eigenvalue weighted by Crippen LogP contribution is -2.27. The summed E-state index contributed by atoms with van der Waals surface area (Å²) in [5.41, 5.74) is 6.13. The summed E-state index contributed by atoms with van der Waals surface area (Å²) in [6.45, 7) is 3.74. The van der Waals surface area contributed by atoms with Gasteiger partial charge in [-0.2, -0.15) is 0 Å². The van der Waals surface area contributed by atoms with E-state index in [4.69, 9.17) is 11.1 Å². The van der Waals surface area contributed by atoms with Crippen molar-refractivity contribution in [3.8, 4) is 5.75 Å². The van der Waals surface area contributed by atoms with Crippen LogP contribution in [0.15, 0.2) is 53.6 Å². The molecular formula is C24H22F2N6O2. The van der Waals surface area contributed by atoms with Crippen LogP contribution in [0.2, 0.25) is 0 Å². The molecule has 174 valence electrons. The Morgan fingerprint density at radius 3 is 2.68 bits per heavy atom. The lowest BCUT2D eigenvalue weighted by Gasteiger charge is -2.19. The van der Waals surface area contributed by atoms with Gasteiger partial charge in [0.2, 0.25) is 0 Å². The second-order valence-electron chi connectivity index (χ2n) is 8.02. The van der Waals surface area contributed by atoms with Crippen molar-refractivity contribution in [1.82, 2.24) is 14.5 Å². The minimum Gasteiger partial charge on any atom is -0.508 e. The Morgan fingerprint density at radius 2 is 1.97 bits per heavy atom. The van der Waals surface area contributed by atoms with Crippen LogP contribution in [0.25, 0.3) is 10.8 Å². The SMILES string of the molecule is CC(C)n1c(CNc2ncnc(N)c2C(=N)c2cc(O)cc(F)c2)cc2cccc(F)c2c1=O. The van der Waals surface area contributed by atoms with E-state index in [0.29, 0.717) is 11.1 Å². The van der Waals surface area contributed by atoms with Gasteiger partial charge in [-0.05, 0) is 43.5 Å². The number of phenols is 1. The third-order valence-electron chi connectivity index (χ3n) is 5.36. The maximum absolute atomic E-state index is 14.3. The molecule has 0 spiro atoms. The molecule has 0 radical (unpaired) electrons. The molecule has 0 atom stereocenters. The summed E-state index contributed by atoms with van der Waals surface area (Å²) in [5, 5.41) is 21.8. The van der Waals surface area contributed by atoms with Crippen molar-refractivity contribution in [2.75, 3.05) is 11.1 Å². The van der Waals surface area contributed by atoms with Gasteiger partial charge in [0.15, 0.2) is 0 Å². The number of nitrogen functional groups attached to an aromatic ring is 1. The number of anilines is 2. The molecule has 0 saturated heterocycles. The maximum Gasteiger partial charge on any atom is 0.261 e. The predicted octanol–water partition coefficient (Wildman–Crippen LogP) is 3.97. The van der Waals surface area contributed by atoms with Gasteiger partial charge in [0.25, 0.3) is 5.56 Å². The van der Waals surface area contributed by atoms with Gasteiger partial charge in [0, 0.05) is 23.4 Å². The van der Waals surface area contributed by atoms with Crippen LogP contribution in [0.4, 0.5) is 20.4 Å². The van der Waals surface area contributed by atoms with Crippen LogP contribution in [0.3, 0.4) is 0 Å². The number of nitrogens with two attached hydrogens (primary N) is 1. The summed E-state index contributed by atoms with van der Waals surface area (Å²) in [6, 6.07) is 9.15. The van der Waals surface area contributed by atoms with Crippen molar-refractivity contribution in [2.24, 2.45) is 0 Å². The summed E-state index contributed by atoms with van der Waals surface area (Å²) in [6.07, 6.45) is 1.21. The third kappa shape index (κ3) is 4.17. The number of aromatic hydroxyl groups is 1. The maximum atomic E-state index is 14.3. The largest absolute Gasteiger partial charge is 0.508 e. The first-order valence-corrected chi connectivity index (χ1v) is 10.4. The monoisotopic (exact) mass is 464 g/mol. The van der Waals surface area contributed by atoms with Gasteiger partial charge in [-0.3, -0.25) is 10.2 Å².